The standard InChI is InChI=1S/C18H25N3/c1-5-21-14(4)18(13(3)20-21)17-10-15(7-6-12(17)2)11-19-16-8-9-16/h6-7,10,16,19H,5,8-9,11H2,1-4H3. The summed E-state index contributed by atoms with van der Waals surface area (Å²) < 4.78 is 2.10. The first-order chi connectivity index (χ1) is 10.1. The Morgan fingerprint density at radius 3 is 2.62 bits per heavy atom. The maximum atomic E-state index is 4.66. The van der Waals surface area contributed by atoms with E-state index < -0.39 is 0 Å². The second-order valence-electron chi connectivity index (χ2n) is 6.17. The van der Waals surface area contributed by atoms with Gasteiger partial charge in [0.1, 0.15) is 0 Å². The molecule has 3 rings (SSSR count). The third kappa shape index (κ3) is 2.88. The van der Waals surface area contributed by atoms with Gasteiger partial charge in [-0.05, 0) is 63.3 Å². The first kappa shape index (κ1) is 14.3. The normalized spacial score (nSPS) is 14.7. The Kier molecular flexibility index (Phi) is 3.85. The monoisotopic (exact) mass is 283 g/mol. The molecule has 0 unspecified atom stereocenters. The van der Waals surface area contributed by atoms with Crippen molar-refractivity contribution in [3.63, 3.8) is 0 Å². The average molecular weight is 283 g/mol. The van der Waals surface area contributed by atoms with E-state index in [0.717, 1.165) is 24.8 Å². The lowest BCUT2D eigenvalue weighted by molar-refractivity contribution is 0.634. The zero-order valence-electron chi connectivity index (χ0n) is 13.5. The lowest BCUT2D eigenvalue weighted by Crippen LogP contribution is -2.15. The largest absolute Gasteiger partial charge is 0.310 e. The van der Waals surface area contributed by atoms with Crippen molar-refractivity contribution in [3.8, 4) is 11.1 Å². The molecule has 1 aromatic carbocycles. The highest BCUT2D eigenvalue weighted by molar-refractivity contribution is 5.72. The minimum absolute atomic E-state index is 0.751. The molecule has 112 valence electrons. The van der Waals surface area contributed by atoms with Crippen LogP contribution in [0.3, 0.4) is 0 Å². The molecule has 1 aliphatic carbocycles. The third-order valence-electron chi connectivity index (χ3n) is 4.42. The van der Waals surface area contributed by atoms with Gasteiger partial charge in [-0.2, -0.15) is 5.10 Å². The van der Waals surface area contributed by atoms with Gasteiger partial charge in [0.05, 0.1) is 5.69 Å². The van der Waals surface area contributed by atoms with E-state index in [0.29, 0.717) is 0 Å². The maximum Gasteiger partial charge on any atom is 0.0675 e. The average Bonchev–Trinajstić information content (AvgIpc) is 3.25. The summed E-state index contributed by atoms with van der Waals surface area (Å²) in [6.45, 7) is 10.5. The molecule has 1 N–H and O–H groups in total. The van der Waals surface area contributed by atoms with Crippen LogP contribution >= 0.6 is 0 Å². The molecule has 3 heteroatoms. The number of aryl methyl sites for hydroxylation is 3. The van der Waals surface area contributed by atoms with Crippen molar-refractivity contribution in [2.75, 3.05) is 0 Å². The number of nitrogens with zero attached hydrogens (tertiary/aromatic N) is 2. The lowest BCUT2D eigenvalue weighted by Gasteiger charge is -2.11. The van der Waals surface area contributed by atoms with Gasteiger partial charge < -0.3 is 5.32 Å². The molecule has 1 aliphatic rings. The molecule has 1 aromatic heterocycles. The molecule has 2 aromatic rings. The Morgan fingerprint density at radius 2 is 2.00 bits per heavy atom. The van der Waals surface area contributed by atoms with Crippen LogP contribution in [0.2, 0.25) is 0 Å². The van der Waals surface area contributed by atoms with E-state index in [1.807, 2.05) is 0 Å². The summed E-state index contributed by atoms with van der Waals surface area (Å²) in [6, 6.07) is 7.56. The first-order valence-corrected chi connectivity index (χ1v) is 7.97. The number of benzene rings is 1. The topological polar surface area (TPSA) is 29.9 Å². The molecule has 0 saturated heterocycles. The van der Waals surface area contributed by atoms with Gasteiger partial charge in [-0.15, -0.1) is 0 Å². The Labute approximate surface area is 127 Å². The summed E-state index contributed by atoms with van der Waals surface area (Å²) in [5.74, 6) is 0. The number of rotatable bonds is 5. The van der Waals surface area contributed by atoms with Crippen LogP contribution < -0.4 is 5.32 Å². The summed E-state index contributed by atoms with van der Waals surface area (Å²) in [6.07, 6.45) is 2.67. The second-order valence-corrected chi connectivity index (χ2v) is 6.17. The highest BCUT2D eigenvalue weighted by Gasteiger charge is 2.20. The Balaban J connectivity index is 1.96. The summed E-state index contributed by atoms with van der Waals surface area (Å²) in [5, 5.41) is 8.26. The SMILES string of the molecule is CCn1nc(C)c(-c2cc(CNC3CC3)ccc2C)c1C. The van der Waals surface area contributed by atoms with Gasteiger partial charge in [-0.3, -0.25) is 4.68 Å². The van der Waals surface area contributed by atoms with Crippen molar-refractivity contribution in [1.82, 2.24) is 15.1 Å². The summed E-state index contributed by atoms with van der Waals surface area (Å²) in [7, 11) is 0. The molecule has 0 bridgehead atoms. The smallest absolute Gasteiger partial charge is 0.0675 e. The zero-order chi connectivity index (χ0) is 15.0. The molecule has 1 saturated carbocycles. The van der Waals surface area contributed by atoms with E-state index in [-0.39, 0.29) is 0 Å². The van der Waals surface area contributed by atoms with Crippen LogP contribution in [-0.4, -0.2) is 15.8 Å². The molecule has 0 spiro atoms. The van der Waals surface area contributed by atoms with Gasteiger partial charge in [0, 0.05) is 30.4 Å². The number of hydrogen-bond acceptors (Lipinski definition) is 2. The Hall–Kier alpha value is -1.61. The fraction of sp³-hybridized carbons (Fsp3) is 0.500. The number of hydrogen-bond donors (Lipinski definition) is 1. The van der Waals surface area contributed by atoms with E-state index >= 15 is 0 Å². The van der Waals surface area contributed by atoms with Crippen molar-refractivity contribution in [2.45, 2.75) is 59.7 Å². The molecule has 1 fully saturated rings. The van der Waals surface area contributed by atoms with Crippen LogP contribution in [0, 0.1) is 20.8 Å². The molecule has 0 radical (unpaired) electrons. The molecule has 0 atom stereocenters. The zero-order valence-corrected chi connectivity index (χ0v) is 13.5. The van der Waals surface area contributed by atoms with Crippen LogP contribution in [0.25, 0.3) is 11.1 Å². The maximum absolute atomic E-state index is 4.66. The minimum Gasteiger partial charge on any atom is -0.310 e. The Morgan fingerprint density at radius 1 is 1.24 bits per heavy atom. The van der Waals surface area contributed by atoms with Crippen LogP contribution in [-0.2, 0) is 13.1 Å². The lowest BCUT2D eigenvalue weighted by atomic mass is 9.96. The molecule has 0 amide bonds. The van der Waals surface area contributed by atoms with E-state index in [9.17, 15) is 0 Å². The number of aromatic nitrogens is 2. The van der Waals surface area contributed by atoms with Gasteiger partial charge in [0.25, 0.3) is 0 Å². The Bertz CT molecular complexity index is 651. The minimum atomic E-state index is 0.751. The van der Waals surface area contributed by atoms with Gasteiger partial charge in [-0.25, -0.2) is 0 Å². The van der Waals surface area contributed by atoms with E-state index in [4.69, 9.17) is 0 Å². The first-order valence-electron chi connectivity index (χ1n) is 7.97. The predicted octanol–water partition coefficient (Wildman–Crippen LogP) is 3.75. The van der Waals surface area contributed by atoms with Crippen LogP contribution in [0.15, 0.2) is 18.2 Å². The van der Waals surface area contributed by atoms with Crippen LogP contribution in [0.4, 0.5) is 0 Å². The van der Waals surface area contributed by atoms with Crippen LogP contribution in [0.1, 0.15) is 42.3 Å². The second kappa shape index (κ2) is 5.64. The predicted molar refractivity (Wildman–Crippen MR) is 87.4 cm³/mol. The fourth-order valence-corrected chi connectivity index (χ4v) is 2.99. The summed E-state index contributed by atoms with van der Waals surface area (Å²) in [4.78, 5) is 0. The van der Waals surface area contributed by atoms with Crippen molar-refractivity contribution in [2.24, 2.45) is 0 Å². The summed E-state index contributed by atoms with van der Waals surface area (Å²) >= 11 is 0. The summed E-state index contributed by atoms with van der Waals surface area (Å²) in [5.41, 5.74) is 7.73. The van der Waals surface area contributed by atoms with Gasteiger partial charge in [0.15, 0.2) is 0 Å². The van der Waals surface area contributed by atoms with E-state index in [1.54, 1.807) is 0 Å². The van der Waals surface area contributed by atoms with Crippen molar-refractivity contribution in [1.29, 1.82) is 0 Å². The molecular formula is C18H25N3. The van der Waals surface area contributed by atoms with Crippen molar-refractivity contribution >= 4 is 0 Å². The fourth-order valence-electron chi connectivity index (χ4n) is 2.99. The molecule has 3 nitrogen and oxygen atoms in total. The molecule has 21 heavy (non-hydrogen) atoms. The van der Waals surface area contributed by atoms with Gasteiger partial charge in [0.2, 0.25) is 0 Å². The van der Waals surface area contributed by atoms with Crippen molar-refractivity contribution < 1.29 is 0 Å². The highest BCUT2D eigenvalue weighted by Crippen LogP contribution is 2.31. The third-order valence-corrected chi connectivity index (χ3v) is 4.42. The van der Waals surface area contributed by atoms with Crippen molar-refractivity contribution in [3.05, 3.63) is 40.7 Å². The molecule has 1 heterocycles. The molecule has 0 aliphatic heterocycles. The highest BCUT2D eigenvalue weighted by atomic mass is 15.3. The van der Waals surface area contributed by atoms with Gasteiger partial charge in [-0.1, -0.05) is 12.1 Å². The number of nitrogens with one attached hydrogen (secondary N) is 1. The molecular weight excluding hydrogens is 258 g/mol. The van der Waals surface area contributed by atoms with Gasteiger partial charge >= 0.3 is 0 Å². The quantitative estimate of drug-likeness (QED) is 0.905. The van der Waals surface area contributed by atoms with E-state index in [2.05, 4.69) is 61.0 Å². The van der Waals surface area contributed by atoms with E-state index in [1.165, 1.54) is 40.8 Å². The van der Waals surface area contributed by atoms with Crippen LogP contribution in [0.5, 0.6) is 0 Å².